The molecule has 0 radical (unpaired) electrons. The maximum absolute atomic E-state index is 12.4. The Morgan fingerprint density at radius 3 is 2.70 bits per heavy atom. The zero-order chi connectivity index (χ0) is 16.4. The van der Waals surface area contributed by atoms with Gasteiger partial charge in [-0.3, -0.25) is 14.2 Å². The molecule has 1 fully saturated rings. The van der Waals surface area contributed by atoms with Crippen LogP contribution in [0.1, 0.15) is 20.3 Å². The van der Waals surface area contributed by atoms with Crippen molar-refractivity contribution in [3.05, 3.63) is 40.9 Å². The Balaban J connectivity index is 1.70. The van der Waals surface area contributed by atoms with Gasteiger partial charge in [-0.25, -0.2) is 4.98 Å². The lowest BCUT2D eigenvalue weighted by molar-refractivity contribution is -0.133. The Hall–Kier alpha value is -2.21. The van der Waals surface area contributed by atoms with Crippen LogP contribution in [0.25, 0.3) is 10.9 Å². The van der Waals surface area contributed by atoms with Gasteiger partial charge in [-0.05, 0) is 26.0 Å². The fraction of sp³-hybridized carbons (Fsp3) is 0.471. The van der Waals surface area contributed by atoms with E-state index in [0.717, 1.165) is 0 Å². The third-order valence-corrected chi connectivity index (χ3v) is 4.21. The van der Waals surface area contributed by atoms with Crippen molar-refractivity contribution in [2.45, 2.75) is 38.9 Å². The van der Waals surface area contributed by atoms with E-state index in [-0.39, 0.29) is 11.5 Å². The summed E-state index contributed by atoms with van der Waals surface area (Å²) in [5, 5.41) is 4.00. The van der Waals surface area contributed by atoms with Crippen molar-refractivity contribution in [2.75, 3.05) is 13.1 Å². The molecule has 6 heteroatoms. The van der Waals surface area contributed by atoms with Crippen molar-refractivity contribution in [1.29, 1.82) is 0 Å². The molecule has 0 aliphatic carbocycles. The van der Waals surface area contributed by atoms with E-state index in [1.165, 1.54) is 10.9 Å². The molecule has 1 amide bonds. The average molecular weight is 314 g/mol. The van der Waals surface area contributed by atoms with Gasteiger partial charge in [0.2, 0.25) is 5.91 Å². The minimum absolute atomic E-state index is 0.0882. The lowest BCUT2D eigenvalue weighted by Gasteiger charge is -2.36. The fourth-order valence-electron chi connectivity index (χ4n) is 3.17. The second-order valence-corrected chi connectivity index (χ2v) is 6.28. The summed E-state index contributed by atoms with van der Waals surface area (Å²) in [5.74, 6) is 0.0882. The largest absolute Gasteiger partial charge is 0.340 e. The molecule has 1 aliphatic heterocycles. The first-order valence-corrected chi connectivity index (χ1v) is 8.02. The van der Waals surface area contributed by atoms with Crippen LogP contribution in [-0.4, -0.2) is 45.5 Å². The Morgan fingerprint density at radius 1 is 1.26 bits per heavy atom. The van der Waals surface area contributed by atoms with Crippen LogP contribution in [0.2, 0.25) is 0 Å². The van der Waals surface area contributed by atoms with Crippen LogP contribution in [-0.2, 0) is 11.3 Å². The molecular formula is C17H22N4O2. The van der Waals surface area contributed by atoms with Crippen molar-refractivity contribution in [3.8, 4) is 0 Å². The molecule has 0 saturated carbocycles. The van der Waals surface area contributed by atoms with Crippen LogP contribution in [0, 0.1) is 0 Å². The van der Waals surface area contributed by atoms with Crippen molar-refractivity contribution in [1.82, 2.24) is 19.8 Å². The summed E-state index contributed by atoms with van der Waals surface area (Å²) in [5.41, 5.74) is 0.593. The predicted octanol–water partition coefficient (Wildman–Crippen LogP) is 0.995. The highest BCUT2D eigenvalue weighted by Crippen LogP contribution is 2.08. The minimum Gasteiger partial charge on any atom is -0.340 e. The van der Waals surface area contributed by atoms with Gasteiger partial charge >= 0.3 is 0 Å². The number of piperazine rings is 1. The van der Waals surface area contributed by atoms with Gasteiger partial charge in [0.15, 0.2) is 0 Å². The molecule has 0 spiro atoms. The van der Waals surface area contributed by atoms with E-state index in [9.17, 15) is 9.59 Å². The van der Waals surface area contributed by atoms with E-state index in [2.05, 4.69) is 24.1 Å². The first kappa shape index (κ1) is 15.7. The zero-order valence-corrected chi connectivity index (χ0v) is 13.5. The molecule has 23 heavy (non-hydrogen) atoms. The number of nitrogens with zero attached hydrogens (tertiary/aromatic N) is 3. The Kier molecular flexibility index (Phi) is 4.43. The van der Waals surface area contributed by atoms with Gasteiger partial charge in [-0.2, -0.15) is 0 Å². The number of nitrogens with one attached hydrogen (secondary N) is 1. The van der Waals surface area contributed by atoms with Gasteiger partial charge in [0, 0.05) is 38.1 Å². The minimum atomic E-state index is -0.0922. The Labute approximate surface area is 135 Å². The molecule has 0 bridgehead atoms. The fourth-order valence-corrected chi connectivity index (χ4v) is 3.17. The number of amides is 1. The van der Waals surface area contributed by atoms with Crippen LogP contribution in [0.3, 0.4) is 0 Å². The van der Waals surface area contributed by atoms with Gasteiger partial charge in [-0.1, -0.05) is 12.1 Å². The first-order valence-electron chi connectivity index (χ1n) is 8.02. The van der Waals surface area contributed by atoms with Gasteiger partial charge < -0.3 is 10.2 Å². The molecule has 1 aromatic heterocycles. The van der Waals surface area contributed by atoms with Crippen molar-refractivity contribution < 1.29 is 4.79 Å². The second-order valence-electron chi connectivity index (χ2n) is 6.28. The van der Waals surface area contributed by atoms with Crippen LogP contribution >= 0.6 is 0 Å². The number of carbonyl (C=O) groups excluding carboxylic acids is 1. The summed E-state index contributed by atoms with van der Waals surface area (Å²) in [6, 6.07) is 7.86. The number of para-hydroxylation sites is 1. The third kappa shape index (κ3) is 3.42. The van der Waals surface area contributed by atoms with E-state index in [0.29, 0.717) is 49.0 Å². The van der Waals surface area contributed by atoms with Gasteiger partial charge in [0.05, 0.1) is 17.2 Å². The summed E-state index contributed by atoms with van der Waals surface area (Å²) in [7, 11) is 0. The summed E-state index contributed by atoms with van der Waals surface area (Å²) >= 11 is 0. The van der Waals surface area contributed by atoms with Gasteiger partial charge in [0.1, 0.15) is 0 Å². The van der Waals surface area contributed by atoms with Crippen LogP contribution in [0.5, 0.6) is 0 Å². The molecule has 1 aromatic carbocycles. The standard InChI is InChI=1S/C17H22N4O2/c1-12-9-21(10-13(2)19-12)16(22)7-8-20-11-18-15-6-4-3-5-14(15)17(20)23/h3-6,11-13,19H,7-10H2,1-2H3/t12-,13-/m0/s1. The highest BCUT2D eigenvalue weighted by atomic mass is 16.2. The molecule has 1 aliphatic rings. The second kappa shape index (κ2) is 6.50. The summed E-state index contributed by atoms with van der Waals surface area (Å²) in [6.07, 6.45) is 1.85. The lowest BCUT2D eigenvalue weighted by atomic mass is 10.1. The number of aromatic nitrogens is 2. The molecule has 122 valence electrons. The van der Waals surface area contributed by atoms with Crippen molar-refractivity contribution in [2.24, 2.45) is 0 Å². The quantitative estimate of drug-likeness (QED) is 0.917. The highest BCUT2D eigenvalue weighted by Gasteiger charge is 2.24. The van der Waals surface area contributed by atoms with E-state index in [1.54, 1.807) is 6.07 Å². The zero-order valence-electron chi connectivity index (χ0n) is 13.5. The number of benzene rings is 1. The Morgan fingerprint density at radius 2 is 1.96 bits per heavy atom. The van der Waals surface area contributed by atoms with Crippen LogP contribution < -0.4 is 10.9 Å². The monoisotopic (exact) mass is 314 g/mol. The molecule has 1 saturated heterocycles. The third-order valence-electron chi connectivity index (χ3n) is 4.21. The van der Waals surface area contributed by atoms with Crippen molar-refractivity contribution in [3.63, 3.8) is 0 Å². The number of fused-ring (bicyclic) bond motifs is 1. The average Bonchev–Trinajstić information content (AvgIpc) is 2.53. The van der Waals surface area contributed by atoms with Crippen molar-refractivity contribution >= 4 is 16.8 Å². The van der Waals surface area contributed by atoms with Crippen LogP contribution in [0.15, 0.2) is 35.4 Å². The molecule has 2 atom stereocenters. The van der Waals surface area contributed by atoms with E-state index >= 15 is 0 Å². The summed E-state index contributed by atoms with van der Waals surface area (Å²) < 4.78 is 1.52. The van der Waals surface area contributed by atoms with Gasteiger partial charge in [-0.15, -0.1) is 0 Å². The SMILES string of the molecule is C[C@H]1CN(C(=O)CCn2cnc3ccccc3c2=O)C[C@H](C)N1. The molecule has 3 rings (SSSR count). The number of hydrogen-bond acceptors (Lipinski definition) is 4. The summed E-state index contributed by atoms with van der Waals surface area (Å²) in [6.45, 7) is 5.95. The topological polar surface area (TPSA) is 67.2 Å². The summed E-state index contributed by atoms with van der Waals surface area (Å²) in [4.78, 5) is 31.0. The normalized spacial score (nSPS) is 21.6. The highest BCUT2D eigenvalue weighted by molar-refractivity contribution is 5.77. The number of aryl methyl sites for hydroxylation is 1. The number of rotatable bonds is 3. The van der Waals surface area contributed by atoms with E-state index in [4.69, 9.17) is 0 Å². The predicted molar refractivity (Wildman–Crippen MR) is 89.3 cm³/mol. The smallest absolute Gasteiger partial charge is 0.261 e. The van der Waals surface area contributed by atoms with E-state index in [1.807, 2.05) is 23.1 Å². The first-order chi connectivity index (χ1) is 11.0. The van der Waals surface area contributed by atoms with E-state index < -0.39 is 0 Å². The Bertz CT molecular complexity index is 761. The molecule has 2 aromatic rings. The lowest BCUT2D eigenvalue weighted by Crippen LogP contribution is -2.55. The number of carbonyl (C=O) groups is 1. The van der Waals surface area contributed by atoms with Crippen LogP contribution in [0.4, 0.5) is 0 Å². The molecular weight excluding hydrogens is 292 g/mol. The molecule has 0 unspecified atom stereocenters. The maximum Gasteiger partial charge on any atom is 0.261 e. The molecule has 1 N–H and O–H groups in total. The number of hydrogen-bond donors (Lipinski definition) is 1. The molecule has 2 heterocycles. The maximum atomic E-state index is 12.4. The van der Waals surface area contributed by atoms with Gasteiger partial charge in [0.25, 0.3) is 5.56 Å². The molecule has 6 nitrogen and oxygen atoms in total.